The fourth-order valence-corrected chi connectivity index (χ4v) is 3.33. The van der Waals surface area contributed by atoms with Gasteiger partial charge in [-0.1, -0.05) is 6.42 Å². The molecule has 2 heterocycles. The molecule has 0 aliphatic heterocycles. The first-order valence-electron chi connectivity index (χ1n) is 6.82. The Kier molecular flexibility index (Phi) is 3.97. The van der Waals surface area contributed by atoms with Gasteiger partial charge in [-0.05, 0) is 43.9 Å². The number of thiazole rings is 1. The number of aryl methyl sites for hydroxylation is 2. The molecule has 1 aliphatic rings. The summed E-state index contributed by atoms with van der Waals surface area (Å²) < 4.78 is 5.13. The molecule has 0 radical (unpaired) electrons. The molecule has 20 heavy (non-hydrogen) atoms. The maximum absolute atomic E-state index is 11.8. The summed E-state index contributed by atoms with van der Waals surface area (Å²) in [5, 5.41) is 3.52. The second kappa shape index (κ2) is 6.05. The maximum atomic E-state index is 11.8. The van der Waals surface area contributed by atoms with Crippen LogP contribution in [-0.2, 0) is 17.6 Å². The summed E-state index contributed by atoms with van der Waals surface area (Å²) in [5.74, 6) is 0.486. The van der Waals surface area contributed by atoms with Crippen LogP contribution in [0.25, 0.3) is 6.08 Å². The minimum Gasteiger partial charge on any atom is -0.465 e. The van der Waals surface area contributed by atoms with Gasteiger partial charge in [-0.2, -0.15) is 0 Å². The third-order valence-corrected chi connectivity index (χ3v) is 4.34. The number of anilines is 1. The first kappa shape index (κ1) is 13.1. The molecule has 0 atom stereocenters. The topological polar surface area (TPSA) is 55.1 Å². The van der Waals surface area contributed by atoms with Gasteiger partial charge in [0, 0.05) is 11.0 Å². The van der Waals surface area contributed by atoms with Crippen LogP contribution in [0.1, 0.15) is 35.6 Å². The number of nitrogens with zero attached hydrogens (tertiary/aromatic N) is 1. The number of furan rings is 1. The number of fused-ring (bicyclic) bond motifs is 1. The third-order valence-electron chi connectivity index (χ3n) is 3.27. The summed E-state index contributed by atoms with van der Waals surface area (Å²) in [6.45, 7) is 0. The number of carbonyl (C=O) groups excluding carboxylic acids is 1. The highest BCUT2D eigenvalue weighted by Crippen LogP contribution is 2.28. The Bertz CT molecular complexity index is 590. The lowest BCUT2D eigenvalue weighted by Gasteiger charge is -1.96. The van der Waals surface area contributed by atoms with Crippen LogP contribution in [0, 0.1) is 0 Å². The van der Waals surface area contributed by atoms with Gasteiger partial charge in [0.1, 0.15) is 5.76 Å². The van der Waals surface area contributed by atoms with Gasteiger partial charge in [0.25, 0.3) is 0 Å². The Morgan fingerprint density at radius 2 is 2.25 bits per heavy atom. The zero-order chi connectivity index (χ0) is 13.8. The van der Waals surface area contributed by atoms with E-state index < -0.39 is 0 Å². The lowest BCUT2D eigenvalue weighted by atomic mass is 10.2. The molecule has 0 spiro atoms. The van der Waals surface area contributed by atoms with E-state index in [9.17, 15) is 4.79 Å². The van der Waals surface area contributed by atoms with Gasteiger partial charge in [-0.15, -0.1) is 11.3 Å². The number of carbonyl (C=O) groups is 1. The van der Waals surface area contributed by atoms with Gasteiger partial charge in [-0.3, -0.25) is 10.1 Å². The highest BCUT2D eigenvalue weighted by molar-refractivity contribution is 7.15. The van der Waals surface area contributed by atoms with Crippen molar-refractivity contribution in [1.82, 2.24) is 4.98 Å². The van der Waals surface area contributed by atoms with Crippen LogP contribution in [0.3, 0.4) is 0 Å². The van der Waals surface area contributed by atoms with E-state index >= 15 is 0 Å². The molecule has 2 aromatic heterocycles. The van der Waals surface area contributed by atoms with Gasteiger partial charge in [-0.25, -0.2) is 4.98 Å². The summed E-state index contributed by atoms with van der Waals surface area (Å²) in [6.07, 6.45) is 10.5. The first-order valence-corrected chi connectivity index (χ1v) is 7.64. The van der Waals surface area contributed by atoms with E-state index in [1.54, 1.807) is 35.8 Å². The summed E-state index contributed by atoms with van der Waals surface area (Å²) in [7, 11) is 0. The minimum absolute atomic E-state index is 0.176. The molecule has 5 heteroatoms. The largest absolute Gasteiger partial charge is 0.465 e. The molecule has 3 rings (SSSR count). The van der Waals surface area contributed by atoms with E-state index in [4.69, 9.17) is 4.42 Å². The summed E-state index contributed by atoms with van der Waals surface area (Å²) >= 11 is 1.60. The summed E-state index contributed by atoms with van der Waals surface area (Å²) in [6, 6.07) is 3.59. The number of nitrogens with one attached hydrogen (secondary N) is 1. The van der Waals surface area contributed by atoms with E-state index in [1.165, 1.54) is 30.2 Å². The van der Waals surface area contributed by atoms with E-state index in [0.29, 0.717) is 10.9 Å². The Morgan fingerprint density at radius 3 is 3.10 bits per heavy atom. The van der Waals surface area contributed by atoms with Crippen molar-refractivity contribution in [3.63, 3.8) is 0 Å². The van der Waals surface area contributed by atoms with E-state index in [2.05, 4.69) is 10.3 Å². The molecule has 1 aliphatic carbocycles. The predicted molar refractivity (Wildman–Crippen MR) is 79.7 cm³/mol. The molecule has 1 amide bonds. The highest BCUT2D eigenvalue weighted by atomic mass is 32.1. The lowest BCUT2D eigenvalue weighted by molar-refractivity contribution is -0.111. The number of amides is 1. The zero-order valence-electron chi connectivity index (χ0n) is 11.1. The molecular weight excluding hydrogens is 272 g/mol. The SMILES string of the molecule is O=C(/C=C/c1ccco1)Nc1nc2c(s1)CCCCC2. The number of hydrogen-bond donors (Lipinski definition) is 1. The second-order valence-electron chi connectivity index (χ2n) is 4.79. The Hall–Kier alpha value is -1.88. The molecule has 4 nitrogen and oxygen atoms in total. The molecule has 0 saturated carbocycles. The fraction of sp³-hybridized carbons (Fsp3) is 0.333. The molecule has 104 valence electrons. The van der Waals surface area contributed by atoms with Crippen molar-refractivity contribution in [3.8, 4) is 0 Å². The Labute approximate surface area is 121 Å². The third kappa shape index (κ3) is 3.17. The smallest absolute Gasteiger partial charge is 0.250 e. The van der Waals surface area contributed by atoms with Crippen LogP contribution >= 0.6 is 11.3 Å². The highest BCUT2D eigenvalue weighted by Gasteiger charge is 2.14. The normalized spacial score (nSPS) is 15.0. The molecular formula is C15H16N2O2S. The molecule has 0 aromatic carbocycles. The average molecular weight is 288 g/mol. The maximum Gasteiger partial charge on any atom is 0.250 e. The van der Waals surface area contributed by atoms with Crippen LogP contribution in [0.4, 0.5) is 5.13 Å². The van der Waals surface area contributed by atoms with Gasteiger partial charge in [0.15, 0.2) is 5.13 Å². The second-order valence-corrected chi connectivity index (χ2v) is 5.87. The molecule has 1 N–H and O–H groups in total. The first-order chi connectivity index (χ1) is 9.81. The standard InChI is InChI=1S/C15H16N2O2S/c18-14(9-8-11-5-4-10-19-11)17-15-16-12-6-2-1-3-7-13(12)20-15/h4-5,8-10H,1-3,6-7H2,(H,16,17,18)/b9-8+. The lowest BCUT2D eigenvalue weighted by Crippen LogP contribution is -2.07. The van der Waals surface area contributed by atoms with Crippen LogP contribution in [0.15, 0.2) is 28.9 Å². The van der Waals surface area contributed by atoms with Crippen LogP contribution in [-0.4, -0.2) is 10.9 Å². The monoisotopic (exact) mass is 288 g/mol. The Morgan fingerprint density at radius 1 is 1.35 bits per heavy atom. The van der Waals surface area contributed by atoms with Crippen LogP contribution in [0.2, 0.25) is 0 Å². The predicted octanol–water partition coefficient (Wildman–Crippen LogP) is 3.66. The van der Waals surface area contributed by atoms with Crippen molar-refractivity contribution in [2.24, 2.45) is 0 Å². The zero-order valence-corrected chi connectivity index (χ0v) is 11.9. The van der Waals surface area contributed by atoms with Gasteiger partial charge in [0.2, 0.25) is 5.91 Å². The number of aromatic nitrogens is 1. The van der Waals surface area contributed by atoms with Gasteiger partial charge < -0.3 is 4.42 Å². The molecule has 0 unspecified atom stereocenters. The average Bonchev–Trinajstić information content (AvgIpc) is 3.03. The van der Waals surface area contributed by atoms with Crippen molar-refractivity contribution in [2.45, 2.75) is 32.1 Å². The van der Waals surface area contributed by atoms with Crippen molar-refractivity contribution >= 4 is 28.5 Å². The van der Waals surface area contributed by atoms with Crippen LogP contribution < -0.4 is 5.32 Å². The molecule has 2 aromatic rings. The quantitative estimate of drug-likeness (QED) is 0.692. The van der Waals surface area contributed by atoms with E-state index in [0.717, 1.165) is 18.5 Å². The van der Waals surface area contributed by atoms with Crippen molar-refractivity contribution in [1.29, 1.82) is 0 Å². The molecule has 0 bridgehead atoms. The van der Waals surface area contributed by atoms with Crippen LogP contribution in [0.5, 0.6) is 0 Å². The summed E-state index contributed by atoms with van der Waals surface area (Å²) in [5.41, 5.74) is 1.16. The Balaban J connectivity index is 1.64. The minimum atomic E-state index is -0.176. The van der Waals surface area contributed by atoms with Crippen molar-refractivity contribution in [2.75, 3.05) is 5.32 Å². The number of hydrogen-bond acceptors (Lipinski definition) is 4. The summed E-state index contributed by atoms with van der Waals surface area (Å²) in [4.78, 5) is 17.7. The van der Waals surface area contributed by atoms with Gasteiger partial charge in [0.05, 0.1) is 12.0 Å². The van der Waals surface area contributed by atoms with E-state index in [1.807, 2.05) is 0 Å². The van der Waals surface area contributed by atoms with Crippen molar-refractivity contribution in [3.05, 3.63) is 40.8 Å². The van der Waals surface area contributed by atoms with E-state index in [-0.39, 0.29) is 5.91 Å². The van der Waals surface area contributed by atoms with Gasteiger partial charge >= 0.3 is 0 Å². The molecule has 0 saturated heterocycles. The number of rotatable bonds is 3. The molecule has 0 fully saturated rings. The van der Waals surface area contributed by atoms with Crippen molar-refractivity contribution < 1.29 is 9.21 Å². The fourth-order valence-electron chi connectivity index (χ4n) is 2.27.